The second-order valence-electron chi connectivity index (χ2n) is 6.74. The lowest BCUT2D eigenvalue weighted by Gasteiger charge is -2.08. The average Bonchev–Trinajstić information content (AvgIpc) is 3.37. The highest BCUT2D eigenvalue weighted by Gasteiger charge is 2.07. The summed E-state index contributed by atoms with van der Waals surface area (Å²) in [5.74, 6) is 0.394. The van der Waals surface area contributed by atoms with Crippen LogP contribution in [-0.4, -0.2) is 31.8 Å². The van der Waals surface area contributed by atoms with Crippen LogP contribution in [0.15, 0.2) is 90.3 Å². The first-order valence-corrected chi connectivity index (χ1v) is 9.64. The van der Waals surface area contributed by atoms with Crippen LogP contribution in [0.25, 0.3) is 5.69 Å². The van der Waals surface area contributed by atoms with Crippen molar-refractivity contribution in [3.8, 4) is 11.4 Å². The van der Waals surface area contributed by atoms with Crippen LogP contribution in [0.4, 0.5) is 0 Å². The van der Waals surface area contributed by atoms with Crippen LogP contribution < -0.4 is 10.2 Å². The Hall–Kier alpha value is -4.33. The van der Waals surface area contributed by atoms with Crippen LogP contribution in [0.2, 0.25) is 0 Å². The lowest BCUT2D eigenvalue weighted by Crippen LogP contribution is -2.19. The number of benzene rings is 3. The Kier molecular flexibility index (Phi) is 6.08. The fraction of sp³-hybridized carbons (Fsp3) is 0.0870. The number of ether oxygens (including phenoxy) is 1. The van der Waals surface area contributed by atoms with Gasteiger partial charge >= 0.3 is 0 Å². The van der Waals surface area contributed by atoms with E-state index in [0.29, 0.717) is 23.6 Å². The van der Waals surface area contributed by atoms with E-state index in [4.69, 9.17) is 4.74 Å². The summed E-state index contributed by atoms with van der Waals surface area (Å²) in [4.78, 5) is 12.4. The first-order chi connectivity index (χ1) is 15.2. The third kappa shape index (κ3) is 5.18. The molecule has 0 radical (unpaired) electrons. The number of rotatable bonds is 7. The number of hydrogen-bond acceptors (Lipinski definition) is 6. The van der Waals surface area contributed by atoms with Crippen LogP contribution in [0.1, 0.15) is 28.4 Å². The number of tetrazole rings is 1. The predicted molar refractivity (Wildman–Crippen MR) is 116 cm³/mol. The molecule has 4 rings (SSSR count). The molecule has 1 heterocycles. The third-order valence-electron chi connectivity index (χ3n) is 4.57. The third-order valence-corrected chi connectivity index (χ3v) is 4.57. The number of hydrogen-bond donors (Lipinski definition) is 1. The quantitative estimate of drug-likeness (QED) is 0.371. The zero-order valence-corrected chi connectivity index (χ0v) is 16.8. The molecule has 31 heavy (non-hydrogen) atoms. The number of nitrogens with one attached hydrogen (secondary N) is 1. The Morgan fingerprint density at radius 3 is 2.55 bits per heavy atom. The molecule has 0 saturated carbocycles. The Bertz CT molecular complexity index is 1170. The lowest BCUT2D eigenvalue weighted by atomic mass is 10.1. The van der Waals surface area contributed by atoms with Gasteiger partial charge < -0.3 is 4.74 Å². The Labute approximate surface area is 179 Å². The van der Waals surface area contributed by atoms with Gasteiger partial charge in [0.15, 0.2) is 0 Å². The minimum absolute atomic E-state index is 0.300. The zero-order valence-electron chi connectivity index (χ0n) is 16.8. The molecule has 1 N–H and O–H groups in total. The molecule has 0 fully saturated rings. The van der Waals surface area contributed by atoms with E-state index in [2.05, 4.69) is 26.1 Å². The number of hydrazone groups is 1. The zero-order chi connectivity index (χ0) is 21.5. The van der Waals surface area contributed by atoms with Crippen LogP contribution in [0, 0.1) is 0 Å². The van der Waals surface area contributed by atoms with Gasteiger partial charge in [-0.15, -0.1) is 5.10 Å². The van der Waals surface area contributed by atoms with Crippen LogP contribution in [0.3, 0.4) is 0 Å². The van der Waals surface area contributed by atoms with E-state index in [1.807, 2.05) is 61.5 Å². The highest BCUT2D eigenvalue weighted by molar-refractivity contribution is 6.01. The van der Waals surface area contributed by atoms with Gasteiger partial charge in [-0.2, -0.15) is 5.10 Å². The molecule has 0 aliphatic rings. The number of carbonyl (C=O) groups excluding carboxylic acids is 1. The van der Waals surface area contributed by atoms with Gasteiger partial charge in [0.1, 0.15) is 18.7 Å². The Morgan fingerprint density at radius 2 is 1.81 bits per heavy atom. The van der Waals surface area contributed by atoms with E-state index in [-0.39, 0.29) is 5.91 Å². The van der Waals surface area contributed by atoms with E-state index >= 15 is 0 Å². The highest BCUT2D eigenvalue weighted by atomic mass is 16.5. The predicted octanol–water partition coefficient (Wildman–Crippen LogP) is 3.40. The molecule has 0 saturated heterocycles. The molecule has 0 spiro atoms. The summed E-state index contributed by atoms with van der Waals surface area (Å²) in [6.07, 6.45) is 1.51. The maximum Gasteiger partial charge on any atom is 0.271 e. The summed E-state index contributed by atoms with van der Waals surface area (Å²) in [6, 6.07) is 24.4. The monoisotopic (exact) mass is 412 g/mol. The first-order valence-electron chi connectivity index (χ1n) is 9.64. The SMILES string of the molecule is CC(=NNC(=O)c1ccc(OCc2ccccc2)cc1)c1cccc(-n2cnnn2)c1. The summed E-state index contributed by atoms with van der Waals surface area (Å²) in [7, 11) is 0. The second-order valence-corrected chi connectivity index (χ2v) is 6.74. The summed E-state index contributed by atoms with van der Waals surface area (Å²) in [5, 5.41) is 15.4. The summed E-state index contributed by atoms with van der Waals surface area (Å²) in [5.41, 5.74) is 6.47. The fourth-order valence-electron chi connectivity index (χ4n) is 2.86. The molecule has 8 heteroatoms. The van der Waals surface area contributed by atoms with Gasteiger partial charge in [-0.25, -0.2) is 10.1 Å². The smallest absolute Gasteiger partial charge is 0.271 e. The molecular weight excluding hydrogens is 392 g/mol. The minimum Gasteiger partial charge on any atom is -0.489 e. The Morgan fingerprint density at radius 1 is 1.00 bits per heavy atom. The number of carbonyl (C=O) groups is 1. The minimum atomic E-state index is -0.300. The molecule has 1 aromatic heterocycles. The molecular formula is C23H20N6O2. The molecule has 0 unspecified atom stereocenters. The van der Waals surface area contributed by atoms with Crippen molar-refractivity contribution in [1.29, 1.82) is 0 Å². The van der Waals surface area contributed by atoms with Crippen molar-refractivity contribution in [2.75, 3.05) is 0 Å². The van der Waals surface area contributed by atoms with E-state index in [1.54, 1.807) is 28.9 Å². The van der Waals surface area contributed by atoms with Crippen molar-refractivity contribution in [3.05, 3.63) is 102 Å². The maximum atomic E-state index is 12.4. The van der Waals surface area contributed by atoms with Gasteiger partial charge in [0.2, 0.25) is 0 Å². The molecule has 0 atom stereocenters. The molecule has 0 aliphatic carbocycles. The molecule has 1 amide bonds. The number of aromatic nitrogens is 4. The molecule has 0 aliphatic heterocycles. The molecule has 154 valence electrons. The van der Waals surface area contributed by atoms with Gasteiger partial charge in [0, 0.05) is 5.56 Å². The number of nitrogens with zero attached hydrogens (tertiary/aromatic N) is 5. The lowest BCUT2D eigenvalue weighted by molar-refractivity contribution is 0.0955. The van der Waals surface area contributed by atoms with Gasteiger partial charge in [-0.3, -0.25) is 4.79 Å². The van der Waals surface area contributed by atoms with Crippen molar-refractivity contribution >= 4 is 11.6 Å². The Balaban J connectivity index is 1.36. The van der Waals surface area contributed by atoms with Crippen molar-refractivity contribution in [2.24, 2.45) is 5.10 Å². The van der Waals surface area contributed by atoms with Crippen molar-refractivity contribution < 1.29 is 9.53 Å². The molecule has 0 bridgehead atoms. The van der Waals surface area contributed by atoms with Crippen molar-refractivity contribution in [3.63, 3.8) is 0 Å². The summed E-state index contributed by atoms with van der Waals surface area (Å²) in [6.45, 7) is 2.29. The largest absolute Gasteiger partial charge is 0.489 e. The summed E-state index contributed by atoms with van der Waals surface area (Å²) >= 11 is 0. The number of amides is 1. The summed E-state index contributed by atoms with van der Waals surface area (Å²) < 4.78 is 7.30. The van der Waals surface area contributed by atoms with E-state index in [0.717, 1.165) is 16.8 Å². The highest BCUT2D eigenvalue weighted by Crippen LogP contribution is 2.14. The first kappa shape index (κ1) is 20.0. The van der Waals surface area contributed by atoms with Crippen molar-refractivity contribution in [1.82, 2.24) is 25.6 Å². The van der Waals surface area contributed by atoms with Crippen molar-refractivity contribution in [2.45, 2.75) is 13.5 Å². The average molecular weight is 412 g/mol. The molecule has 8 nitrogen and oxygen atoms in total. The normalized spacial score (nSPS) is 11.2. The van der Waals surface area contributed by atoms with E-state index in [1.165, 1.54) is 6.33 Å². The van der Waals surface area contributed by atoms with Gasteiger partial charge in [0.05, 0.1) is 11.4 Å². The second kappa shape index (κ2) is 9.45. The molecule has 3 aromatic carbocycles. The van der Waals surface area contributed by atoms with E-state index in [9.17, 15) is 4.79 Å². The van der Waals surface area contributed by atoms with Gasteiger partial charge in [-0.05, 0) is 64.9 Å². The van der Waals surface area contributed by atoms with E-state index < -0.39 is 0 Å². The van der Waals surface area contributed by atoms with Gasteiger partial charge in [-0.1, -0.05) is 42.5 Å². The van der Waals surface area contributed by atoms with Crippen LogP contribution in [0.5, 0.6) is 5.75 Å². The molecule has 4 aromatic rings. The van der Waals surface area contributed by atoms with Crippen LogP contribution in [-0.2, 0) is 6.61 Å². The standard InChI is InChI=1S/C23H20N6O2/c1-17(20-8-5-9-21(14-20)29-16-24-27-28-29)25-26-23(30)19-10-12-22(13-11-19)31-15-18-6-3-2-4-7-18/h2-14,16H,15H2,1H3,(H,26,30). The maximum absolute atomic E-state index is 12.4. The topological polar surface area (TPSA) is 94.3 Å². The fourth-order valence-corrected chi connectivity index (χ4v) is 2.86. The van der Waals surface area contributed by atoms with Gasteiger partial charge in [0.25, 0.3) is 5.91 Å². The van der Waals surface area contributed by atoms with Crippen LogP contribution >= 0.6 is 0 Å².